The molecule has 110 valence electrons. The molecule has 1 nitrogen and oxygen atoms in total. The second-order valence-electron chi connectivity index (χ2n) is 5.06. The van der Waals surface area contributed by atoms with Crippen LogP contribution in [0, 0.1) is 0 Å². The Morgan fingerprint density at radius 3 is 1.16 bits per heavy atom. The fraction of sp³-hybridized carbons (Fsp3) is 0.667. The Labute approximate surface area is 120 Å². The van der Waals surface area contributed by atoms with Crippen LogP contribution in [0.2, 0.25) is 0 Å². The lowest BCUT2D eigenvalue weighted by Crippen LogP contribution is -1.84. The van der Waals surface area contributed by atoms with Crippen molar-refractivity contribution in [2.75, 3.05) is 6.61 Å². The summed E-state index contributed by atoms with van der Waals surface area (Å²) in [5.74, 6) is 0. The van der Waals surface area contributed by atoms with Crippen molar-refractivity contribution in [2.24, 2.45) is 0 Å². The third-order valence-corrected chi connectivity index (χ3v) is 3.18. The molecule has 0 amide bonds. The quantitative estimate of drug-likeness (QED) is 0.546. The molecule has 0 fully saturated rings. The minimum atomic E-state index is 0.372. The molecule has 1 heteroatoms. The fourth-order valence-electron chi connectivity index (χ4n) is 1.98. The van der Waals surface area contributed by atoms with E-state index in [1.165, 1.54) is 57.8 Å². The lowest BCUT2D eigenvalue weighted by Gasteiger charge is -2.00. The van der Waals surface area contributed by atoms with Crippen LogP contribution in [0.1, 0.15) is 71.1 Å². The first-order valence-corrected chi connectivity index (χ1v) is 8.02. The summed E-state index contributed by atoms with van der Waals surface area (Å²) < 4.78 is 0. The number of hydrogen-bond acceptors (Lipinski definition) is 1. The number of aliphatic hydroxyl groups excluding tert-OH is 1. The monoisotopic (exact) mass is 264 g/mol. The topological polar surface area (TPSA) is 20.2 Å². The molecule has 0 bridgehead atoms. The fourth-order valence-corrected chi connectivity index (χ4v) is 1.98. The molecule has 0 radical (unpaired) electrons. The predicted molar refractivity (Wildman–Crippen MR) is 85.4 cm³/mol. The summed E-state index contributed by atoms with van der Waals surface area (Å²) in [4.78, 5) is 0. The van der Waals surface area contributed by atoms with Gasteiger partial charge < -0.3 is 5.11 Å². The minimum Gasteiger partial charge on any atom is -0.396 e. The maximum atomic E-state index is 8.57. The van der Waals surface area contributed by atoms with Crippen LogP contribution in [0.3, 0.4) is 0 Å². The molecule has 0 atom stereocenters. The van der Waals surface area contributed by atoms with Gasteiger partial charge >= 0.3 is 0 Å². The molecule has 0 aromatic heterocycles. The second-order valence-corrected chi connectivity index (χ2v) is 5.06. The van der Waals surface area contributed by atoms with Crippen molar-refractivity contribution in [3.63, 3.8) is 0 Å². The summed E-state index contributed by atoms with van der Waals surface area (Å²) in [7, 11) is 0. The van der Waals surface area contributed by atoms with E-state index in [-0.39, 0.29) is 0 Å². The largest absolute Gasteiger partial charge is 0.396 e. The summed E-state index contributed by atoms with van der Waals surface area (Å²) in [5.41, 5.74) is 0. The maximum Gasteiger partial charge on any atom is 0.0431 e. The Morgan fingerprint density at radius 2 is 0.842 bits per heavy atom. The van der Waals surface area contributed by atoms with Crippen molar-refractivity contribution < 1.29 is 5.11 Å². The van der Waals surface area contributed by atoms with E-state index in [2.05, 4.69) is 6.92 Å². The van der Waals surface area contributed by atoms with Gasteiger partial charge in [-0.15, -0.1) is 0 Å². The number of hydrogen-bond donors (Lipinski definition) is 1. The standard InChI is InChI=1S/C12H26O.C6H6/c1-2-3-4-5-6-7-8-9-10-11-12-13;1-2-4-6-5-3-1/h13H,2-12H2,1H3;1-6H. The van der Waals surface area contributed by atoms with Crippen molar-refractivity contribution in [2.45, 2.75) is 71.1 Å². The first kappa shape index (κ1) is 18.2. The van der Waals surface area contributed by atoms with Gasteiger partial charge in [-0.1, -0.05) is 101 Å². The molecular weight excluding hydrogens is 232 g/mol. The zero-order valence-corrected chi connectivity index (χ0v) is 12.7. The van der Waals surface area contributed by atoms with E-state index < -0.39 is 0 Å². The van der Waals surface area contributed by atoms with Crippen LogP contribution in [-0.4, -0.2) is 11.7 Å². The van der Waals surface area contributed by atoms with E-state index in [1.807, 2.05) is 36.4 Å². The summed E-state index contributed by atoms with van der Waals surface area (Å²) in [6.45, 7) is 2.63. The summed E-state index contributed by atoms with van der Waals surface area (Å²) in [5, 5.41) is 8.57. The third kappa shape index (κ3) is 17.2. The maximum absolute atomic E-state index is 8.57. The number of unbranched alkanes of at least 4 members (excludes halogenated alkanes) is 9. The van der Waals surface area contributed by atoms with Crippen LogP contribution in [0.4, 0.5) is 0 Å². The summed E-state index contributed by atoms with van der Waals surface area (Å²) in [6, 6.07) is 12.0. The molecule has 0 saturated heterocycles. The number of aliphatic hydroxyl groups is 1. The molecule has 0 aliphatic rings. The average Bonchev–Trinajstić information content (AvgIpc) is 2.48. The van der Waals surface area contributed by atoms with Crippen LogP contribution >= 0.6 is 0 Å². The van der Waals surface area contributed by atoms with Gasteiger partial charge in [-0.25, -0.2) is 0 Å². The van der Waals surface area contributed by atoms with Gasteiger partial charge in [-0.05, 0) is 6.42 Å². The first-order valence-electron chi connectivity index (χ1n) is 8.02. The molecule has 0 aliphatic carbocycles. The van der Waals surface area contributed by atoms with E-state index in [0.29, 0.717) is 6.61 Å². The lowest BCUT2D eigenvalue weighted by atomic mass is 10.1. The lowest BCUT2D eigenvalue weighted by molar-refractivity contribution is 0.282. The number of benzene rings is 1. The third-order valence-electron chi connectivity index (χ3n) is 3.18. The Hall–Kier alpha value is -0.820. The Bertz CT molecular complexity index is 196. The summed E-state index contributed by atoms with van der Waals surface area (Å²) >= 11 is 0. The molecular formula is C18H32O. The van der Waals surface area contributed by atoms with Crippen molar-refractivity contribution >= 4 is 0 Å². The first-order chi connectivity index (χ1) is 9.41. The van der Waals surface area contributed by atoms with Crippen molar-refractivity contribution in [1.82, 2.24) is 0 Å². The van der Waals surface area contributed by atoms with E-state index in [9.17, 15) is 0 Å². The molecule has 1 aromatic carbocycles. The van der Waals surface area contributed by atoms with E-state index in [0.717, 1.165) is 6.42 Å². The molecule has 0 spiro atoms. The molecule has 0 saturated carbocycles. The average molecular weight is 264 g/mol. The highest BCUT2D eigenvalue weighted by atomic mass is 16.2. The van der Waals surface area contributed by atoms with Crippen LogP contribution in [0.25, 0.3) is 0 Å². The zero-order chi connectivity index (χ0) is 14.0. The van der Waals surface area contributed by atoms with E-state index in [1.54, 1.807) is 0 Å². The molecule has 0 aliphatic heterocycles. The molecule has 1 rings (SSSR count). The predicted octanol–water partition coefficient (Wildman–Crippen LogP) is 5.59. The minimum absolute atomic E-state index is 0.372. The smallest absolute Gasteiger partial charge is 0.0431 e. The zero-order valence-electron chi connectivity index (χ0n) is 12.7. The molecule has 1 N–H and O–H groups in total. The van der Waals surface area contributed by atoms with Gasteiger partial charge in [0.15, 0.2) is 0 Å². The van der Waals surface area contributed by atoms with Gasteiger partial charge in [-0.2, -0.15) is 0 Å². The SMILES string of the molecule is CCCCCCCCCCCCO.c1ccccc1. The highest BCUT2D eigenvalue weighted by Crippen LogP contribution is 2.09. The van der Waals surface area contributed by atoms with Gasteiger partial charge in [0.1, 0.15) is 0 Å². The van der Waals surface area contributed by atoms with Crippen molar-refractivity contribution in [3.05, 3.63) is 36.4 Å². The van der Waals surface area contributed by atoms with E-state index >= 15 is 0 Å². The molecule has 0 unspecified atom stereocenters. The highest BCUT2D eigenvalue weighted by Gasteiger charge is 1.91. The van der Waals surface area contributed by atoms with Gasteiger partial charge in [0.25, 0.3) is 0 Å². The highest BCUT2D eigenvalue weighted by molar-refractivity contribution is 4.99. The van der Waals surface area contributed by atoms with Crippen LogP contribution in [-0.2, 0) is 0 Å². The van der Waals surface area contributed by atoms with Gasteiger partial charge in [0.05, 0.1) is 0 Å². The van der Waals surface area contributed by atoms with Gasteiger partial charge in [0, 0.05) is 6.61 Å². The Kier molecular flexibility index (Phi) is 16.4. The van der Waals surface area contributed by atoms with Crippen LogP contribution in [0.15, 0.2) is 36.4 Å². The molecule has 19 heavy (non-hydrogen) atoms. The number of rotatable bonds is 10. The van der Waals surface area contributed by atoms with Crippen LogP contribution in [0.5, 0.6) is 0 Å². The second kappa shape index (κ2) is 17.2. The Balaban J connectivity index is 0.000000443. The van der Waals surface area contributed by atoms with Gasteiger partial charge in [-0.3, -0.25) is 0 Å². The van der Waals surface area contributed by atoms with Crippen molar-refractivity contribution in [3.8, 4) is 0 Å². The van der Waals surface area contributed by atoms with Gasteiger partial charge in [0.2, 0.25) is 0 Å². The normalized spacial score (nSPS) is 9.79. The van der Waals surface area contributed by atoms with Crippen LogP contribution < -0.4 is 0 Å². The van der Waals surface area contributed by atoms with Crippen molar-refractivity contribution in [1.29, 1.82) is 0 Å². The summed E-state index contributed by atoms with van der Waals surface area (Å²) in [6.07, 6.45) is 13.3. The molecule has 0 heterocycles. The molecule has 1 aromatic rings. The van der Waals surface area contributed by atoms with E-state index in [4.69, 9.17) is 5.11 Å². The Morgan fingerprint density at radius 1 is 0.526 bits per heavy atom.